The molecule has 0 spiro atoms. The van der Waals surface area contributed by atoms with E-state index < -0.39 is 25.1 Å². The summed E-state index contributed by atoms with van der Waals surface area (Å²) in [6.07, 6.45) is 0.227. The number of piperazine rings is 1. The third-order valence-corrected chi connectivity index (χ3v) is 9.38. The molecule has 2 aliphatic heterocycles. The minimum Gasteiger partial charge on any atom is -0.294 e. The van der Waals surface area contributed by atoms with Crippen LogP contribution in [0.3, 0.4) is 0 Å². The highest BCUT2D eigenvalue weighted by molar-refractivity contribution is 7.95. The average molecular weight is 373 g/mol. The third-order valence-electron chi connectivity index (χ3n) is 5.07. The molecule has 0 aliphatic carbocycles. The van der Waals surface area contributed by atoms with Crippen molar-refractivity contribution in [1.82, 2.24) is 9.21 Å². The van der Waals surface area contributed by atoms with E-state index in [1.165, 1.54) is 9.87 Å². The van der Waals surface area contributed by atoms with E-state index in [-0.39, 0.29) is 24.0 Å². The summed E-state index contributed by atoms with van der Waals surface area (Å²) in [7, 11) is -6.71. The fourth-order valence-electron chi connectivity index (χ4n) is 3.49. The number of sulfonamides is 1. The van der Waals surface area contributed by atoms with Gasteiger partial charge in [0.15, 0.2) is 9.84 Å². The first kappa shape index (κ1) is 17.8. The van der Waals surface area contributed by atoms with Crippen LogP contribution in [0.2, 0.25) is 0 Å². The first-order chi connectivity index (χ1) is 11.3. The molecule has 134 valence electrons. The van der Waals surface area contributed by atoms with Gasteiger partial charge in [0.05, 0.1) is 16.8 Å². The summed E-state index contributed by atoms with van der Waals surface area (Å²) in [6.45, 7) is 4.30. The van der Waals surface area contributed by atoms with Crippen molar-refractivity contribution in [3.8, 4) is 0 Å². The Hall–Kier alpha value is -0.960. The standard InChI is InChI=1S/C16H24N2O4S2/c1-14(15-5-3-2-4-6-15)17-8-10-18(11-9-17)24(21,22)16-7-12-23(19,20)13-16/h2-6,14,16H,7-13H2,1H3. The van der Waals surface area contributed by atoms with Crippen LogP contribution in [0.5, 0.6) is 0 Å². The van der Waals surface area contributed by atoms with Crippen molar-refractivity contribution in [3.05, 3.63) is 35.9 Å². The molecule has 0 amide bonds. The van der Waals surface area contributed by atoms with Crippen LogP contribution >= 0.6 is 0 Å². The van der Waals surface area contributed by atoms with E-state index in [0.29, 0.717) is 26.2 Å². The molecule has 0 bridgehead atoms. The summed E-state index contributed by atoms with van der Waals surface area (Å²) in [5.74, 6) is -0.238. The molecule has 2 unspecified atom stereocenters. The second kappa shape index (κ2) is 6.74. The van der Waals surface area contributed by atoms with Gasteiger partial charge in [-0.25, -0.2) is 16.8 Å². The Morgan fingerprint density at radius 2 is 1.71 bits per heavy atom. The van der Waals surface area contributed by atoms with Gasteiger partial charge < -0.3 is 0 Å². The molecule has 2 heterocycles. The molecule has 2 saturated heterocycles. The molecule has 0 radical (unpaired) electrons. The van der Waals surface area contributed by atoms with Crippen LogP contribution in [0.25, 0.3) is 0 Å². The lowest BCUT2D eigenvalue weighted by Gasteiger charge is -2.38. The van der Waals surface area contributed by atoms with Gasteiger partial charge in [-0.05, 0) is 18.9 Å². The second-order valence-corrected chi connectivity index (χ2v) is 11.0. The highest BCUT2D eigenvalue weighted by atomic mass is 32.2. The van der Waals surface area contributed by atoms with Crippen LogP contribution in [0.15, 0.2) is 30.3 Å². The summed E-state index contributed by atoms with van der Waals surface area (Å²) in [5, 5.41) is -0.763. The molecule has 3 rings (SSSR count). The van der Waals surface area contributed by atoms with E-state index in [4.69, 9.17) is 0 Å². The molecule has 0 N–H and O–H groups in total. The molecule has 0 saturated carbocycles. The van der Waals surface area contributed by atoms with Gasteiger partial charge >= 0.3 is 0 Å². The third kappa shape index (κ3) is 3.66. The number of hydrogen-bond donors (Lipinski definition) is 0. The van der Waals surface area contributed by atoms with Gasteiger partial charge in [0.1, 0.15) is 0 Å². The van der Waals surface area contributed by atoms with Crippen molar-refractivity contribution in [2.75, 3.05) is 37.7 Å². The van der Waals surface area contributed by atoms with Gasteiger partial charge in [0.2, 0.25) is 10.0 Å². The van der Waals surface area contributed by atoms with E-state index in [1.54, 1.807) is 0 Å². The molecule has 24 heavy (non-hydrogen) atoms. The molecule has 2 fully saturated rings. The zero-order valence-corrected chi connectivity index (χ0v) is 15.5. The highest BCUT2D eigenvalue weighted by Gasteiger charge is 2.41. The molecule has 6 nitrogen and oxygen atoms in total. The van der Waals surface area contributed by atoms with Crippen molar-refractivity contribution in [2.45, 2.75) is 24.6 Å². The number of sulfone groups is 1. The molecule has 1 aromatic carbocycles. The summed E-state index contributed by atoms with van der Waals surface area (Å²) in [5.41, 5.74) is 1.22. The zero-order valence-electron chi connectivity index (χ0n) is 13.8. The maximum Gasteiger partial charge on any atom is 0.218 e. The van der Waals surface area contributed by atoms with E-state index in [9.17, 15) is 16.8 Å². The van der Waals surface area contributed by atoms with Crippen molar-refractivity contribution in [1.29, 1.82) is 0 Å². The van der Waals surface area contributed by atoms with Crippen molar-refractivity contribution in [2.24, 2.45) is 0 Å². The molecule has 2 atom stereocenters. The van der Waals surface area contributed by atoms with Crippen LogP contribution in [-0.2, 0) is 19.9 Å². The van der Waals surface area contributed by atoms with Crippen molar-refractivity contribution >= 4 is 19.9 Å². The topological polar surface area (TPSA) is 74.8 Å². The molecule has 0 aromatic heterocycles. The average Bonchev–Trinajstić information content (AvgIpc) is 2.96. The molecular formula is C16H24N2O4S2. The molecule has 8 heteroatoms. The zero-order chi connectivity index (χ0) is 17.4. The number of rotatable bonds is 4. The maximum absolute atomic E-state index is 12.7. The fourth-order valence-corrected chi connectivity index (χ4v) is 8.01. The SMILES string of the molecule is CC(c1ccccc1)N1CCN(S(=O)(=O)C2CCS(=O)(=O)C2)CC1. The van der Waals surface area contributed by atoms with Gasteiger partial charge in [-0.15, -0.1) is 0 Å². The first-order valence-electron chi connectivity index (χ1n) is 8.28. The Balaban J connectivity index is 1.63. The summed E-state index contributed by atoms with van der Waals surface area (Å²) in [6, 6.07) is 10.4. The Bertz CT molecular complexity index is 770. The van der Waals surface area contributed by atoms with E-state index >= 15 is 0 Å². The Morgan fingerprint density at radius 3 is 2.25 bits per heavy atom. The Morgan fingerprint density at radius 1 is 1.08 bits per heavy atom. The van der Waals surface area contributed by atoms with E-state index in [1.807, 2.05) is 18.2 Å². The quantitative estimate of drug-likeness (QED) is 0.784. The number of benzene rings is 1. The Kier molecular flexibility index (Phi) is 5.01. The predicted octanol–water partition coefficient (Wildman–Crippen LogP) is 0.882. The smallest absolute Gasteiger partial charge is 0.218 e. The van der Waals surface area contributed by atoms with Gasteiger partial charge in [0, 0.05) is 32.2 Å². The summed E-state index contributed by atoms with van der Waals surface area (Å²) in [4.78, 5) is 2.27. The second-order valence-electron chi connectivity index (χ2n) is 6.59. The van der Waals surface area contributed by atoms with Crippen LogP contribution in [0.1, 0.15) is 24.9 Å². The van der Waals surface area contributed by atoms with Gasteiger partial charge in [-0.2, -0.15) is 4.31 Å². The van der Waals surface area contributed by atoms with Gasteiger partial charge in [-0.3, -0.25) is 4.90 Å². The largest absolute Gasteiger partial charge is 0.294 e. The lowest BCUT2D eigenvalue weighted by molar-refractivity contribution is 0.145. The van der Waals surface area contributed by atoms with Crippen LogP contribution in [0.4, 0.5) is 0 Å². The number of nitrogens with zero attached hydrogens (tertiary/aromatic N) is 2. The summed E-state index contributed by atoms with van der Waals surface area (Å²) >= 11 is 0. The minimum absolute atomic E-state index is 0.0120. The normalized spacial score (nSPS) is 27.1. The first-order valence-corrected chi connectivity index (χ1v) is 11.6. The lowest BCUT2D eigenvalue weighted by Crippen LogP contribution is -2.51. The van der Waals surface area contributed by atoms with Crippen LogP contribution < -0.4 is 0 Å². The predicted molar refractivity (Wildman–Crippen MR) is 94.0 cm³/mol. The highest BCUT2D eigenvalue weighted by Crippen LogP contribution is 2.26. The van der Waals surface area contributed by atoms with Crippen LogP contribution in [0, 0.1) is 0 Å². The molecular weight excluding hydrogens is 348 g/mol. The summed E-state index contributed by atoms with van der Waals surface area (Å²) < 4.78 is 50.0. The van der Waals surface area contributed by atoms with Crippen LogP contribution in [-0.4, -0.2) is 69.0 Å². The Labute approximate surface area is 144 Å². The van der Waals surface area contributed by atoms with E-state index in [0.717, 1.165) is 0 Å². The van der Waals surface area contributed by atoms with E-state index in [2.05, 4.69) is 24.0 Å². The number of hydrogen-bond acceptors (Lipinski definition) is 5. The van der Waals surface area contributed by atoms with Crippen molar-refractivity contribution in [3.63, 3.8) is 0 Å². The molecule has 1 aromatic rings. The lowest BCUT2D eigenvalue weighted by atomic mass is 10.1. The maximum atomic E-state index is 12.7. The molecule has 2 aliphatic rings. The fraction of sp³-hybridized carbons (Fsp3) is 0.625. The van der Waals surface area contributed by atoms with Gasteiger partial charge in [-0.1, -0.05) is 30.3 Å². The minimum atomic E-state index is -3.52. The van der Waals surface area contributed by atoms with Gasteiger partial charge in [0.25, 0.3) is 0 Å². The van der Waals surface area contributed by atoms with Crippen molar-refractivity contribution < 1.29 is 16.8 Å². The monoisotopic (exact) mass is 372 g/mol.